The Morgan fingerprint density at radius 2 is 1.61 bits per heavy atom. The van der Waals surface area contributed by atoms with E-state index in [-0.39, 0.29) is 12.8 Å². The van der Waals surface area contributed by atoms with Gasteiger partial charge in [0, 0.05) is 5.69 Å². The number of para-hydroxylation sites is 1. The maximum atomic E-state index is 11.9. The maximum absolute atomic E-state index is 11.9. The van der Waals surface area contributed by atoms with Crippen LogP contribution in [0.4, 0.5) is 10.5 Å². The van der Waals surface area contributed by atoms with Crippen LogP contribution in [0.1, 0.15) is 19.4 Å². The van der Waals surface area contributed by atoms with E-state index in [1.807, 2.05) is 50.2 Å². The normalized spacial score (nSPS) is 10.0. The molecule has 122 valence electrons. The Balaban J connectivity index is 1.78. The van der Waals surface area contributed by atoms with Crippen LogP contribution in [-0.2, 0) is 6.42 Å². The molecule has 0 aliphatic heterocycles. The molecule has 2 N–H and O–H groups in total. The number of aryl methyl sites for hydroxylation is 1. The van der Waals surface area contributed by atoms with E-state index in [0.717, 1.165) is 23.4 Å². The summed E-state index contributed by atoms with van der Waals surface area (Å²) in [5.74, 6) is 1.46. The highest BCUT2D eigenvalue weighted by atomic mass is 16.5. The predicted octanol–water partition coefficient (Wildman–Crippen LogP) is 3.81. The molecule has 0 atom stereocenters. The van der Waals surface area contributed by atoms with Crippen molar-refractivity contribution in [1.82, 2.24) is 5.32 Å². The van der Waals surface area contributed by atoms with E-state index in [2.05, 4.69) is 10.6 Å². The molecule has 0 aliphatic rings. The second-order valence-electron chi connectivity index (χ2n) is 4.83. The third kappa shape index (κ3) is 5.21. The highest BCUT2D eigenvalue weighted by Crippen LogP contribution is 2.17. The van der Waals surface area contributed by atoms with Gasteiger partial charge in [-0.05, 0) is 49.2 Å². The molecule has 0 heterocycles. The highest BCUT2D eigenvalue weighted by molar-refractivity contribution is 5.89. The Bertz CT molecular complexity index is 626. The smallest absolute Gasteiger partial charge is 0.321 e. The lowest BCUT2D eigenvalue weighted by atomic mass is 10.1. The summed E-state index contributed by atoms with van der Waals surface area (Å²) in [6, 6.07) is 14.7. The van der Waals surface area contributed by atoms with E-state index in [1.165, 1.54) is 0 Å². The summed E-state index contributed by atoms with van der Waals surface area (Å²) in [6.45, 7) is 4.70. The van der Waals surface area contributed by atoms with Gasteiger partial charge >= 0.3 is 6.03 Å². The minimum Gasteiger partial charge on any atom is -0.494 e. The summed E-state index contributed by atoms with van der Waals surface area (Å²) in [5, 5.41) is 5.49. The Morgan fingerprint density at radius 3 is 2.26 bits per heavy atom. The van der Waals surface area contributed by atoms with E-state index in [4.69, 9.17) is 9.47 Å². The Kier molecular flexibility index (Phi) is 6.29. The second kappa shape index (κ2) is 8.68. The van der Waals surface area contributed by atoms with Crippen LogP contribution >= 0.6 is 0 Å². The summed E-state index contributed by atoms with van der Waals surface area (Å²) in [6.07, 6.45) is 0.860. The minimum absolute atomic E-state index is 0.0914. The maximum Gasteiger partial charge on any atom is 0.321 e. The monoisotopic (exact) mass is 314 g/mol. The van der Waals surface area contributed by atoms with Gasteiger partial charge in [0.2, 0.25) is 0 Å². The van der Waals surface area contributed by atoms with Crippen molar-refractivity contribution in [3.63, 3.8) is 0 Å². The first kappa shape index (κ1) is 16.7. The molecule has 5 nitrogen and oxygen atoms in total. The molecule has 0 aliphatic carbocycles. The van der Waals surface area contributed by atoms with Crippen molar-refractivity contribution in [3.05, 3.63) is 54.1 Å². The SMILES string of the molecule is CCOc1ccc(OCNC(=O)Nc2ccccc2CC)cc1. The Hall–Kier alpha value is -2.69. The summed E-state index contributed by atoms with van der Waals surface area (Å²) in [5.41, 5.74) is 1.91. The molecular weight excluding hydrogens is 292 g/mol. The van der Waals surface area contributed by atoms with Gasteiger partial charge in [0.05, 0.1) is 6.61 Å². The van der Waals surface area contributed by atoms with E-state index in [1.54, 1.807) is 12.1 Å². The molecule has 23 heavy (non-hydrogen) atoms. The van der Waals surface area contributed by atoms with Crippen LogP contribution in [0, 0.1) is 0 Å². The molecule has 0 radical (unpaired) electrons. The van der Waals surface area contributed by atoms with E-state index < -0.39 is 0 Å². The predicted molar refractivity (Wildman–Crippen MR) is 91.1 cm³/mol. The topological polar surface area (TPSA) is 59.6 Å². The summed E-state index contributed by atoms with van der Waals surface area (Å²) in [7, 11) is 0. The lowest BCUT2D eigenvalue weighted by Gasteiger charge is -2.12. The highest BCUT2D eigenvalue weighted by Gasteiger charge is 2.04. The second-order valence-corrected chi connectivity index (χ2v) is 4.83. The third-order valence-corrected chi connectivity index (χ3v) is 3.25. The van der Waals surface area contributed by atoms with Crippen molar-refractivity contribution in [1.29, 1.82) is 0 Å². The summed E-state index contributed by atoms with van der Waals surface area (Å²) < 4.78 is 10.8. The van der Waals surface area contributed by atoms with Gasteiger partial charge in [-0.1, -0.05) is 25.1 Å². The minimum atomic E-state index is -0.295. The van der Waals surface area contributed by atoms with E-state index in [9.17, 15) is 4.79 Å². The fourth-order valence-corrected chi connectivity index (χ4v) is 2.10. The zero-order chi connectivity index (χ0) is 16.5. The molecule has 2 rings (SSSR count). The zero-order valence-electron chi connectivity index (χ0n) is 13.5. The van der Waals surface area contributed by atoms with Crippen LogP contribution in [0.5, 0.6) is 11.5 Å². The number of rotatable bonds is 7. The molecule has 2 amide bonds. The molecule has 2 aromatic rings. The first-order valence-electron chi connectivity index (χ1n) is 7.71. The van der Waals surface area contributed by atoms with Crippen molar-refractivity contribution in [2.75, 3.05) is 18.7 Å². The van der Waals surface area contributed by atoms with Crippen LogP contribution in [0.2, 0.25) is 0 Å². The number of hydrogen-bond acceptors (Lipinski definition) is 3. The average Bonchev–Trinajstić information content (AvgIpc) is 2.57. The van der Waals surface area contributed by atoms with Crippen molar-refractivity contribution >= 4 is 11.7 Å². The standard InChI is InChI=1S/C18H22N2O3/c1-3-14-7-5-6-8-17(14)20-18(21)19-13-23-16-11-9-15(10-12-16)22-4-2/h5-12H,3-4,13H2,1-2H3,(H2,19,20,21). The molecule has 0 saturated heterocycles. The molecule has 0 aromatic heterocycles. The lowest BCUT2D eigenvalue weighted by Crippen LogP contribution is -2.32. The quantitative estimate of drug-likeness (QED) is 0.764. The Morgan fingerprint density at radius 1 is 0.957 bits per heavy atom. The lowest BCUT2D eigenvalue weighted by molar-refractivity contribution is 0.234. The Labute approximate surface area is 136 Å². The number of carbonyl (C=O) groups is 1. The number of carbonyl (C=O) groups excluding carboxylic acids is 1. The number of hydrogen-bond donors (Lipinski definition) is 2. The molecule has 0 saturated carbocycles. The van der Waals surface area contributed by atoms with E-state index >= 15 is 0 Å². The number of benzene rings is 2. The van der Waals surface area contributed by atoms with Gasteiger partial charge in [-0.3, -0.25) is 0 Å². The van der Waals surface area contributed by atoms with Gasteiger partial charge in [-0.15, -0.1) is 0 Å². The molecule has 0 bridgehead atoms. The van der Waals surface area contributed by atoms with Crippen LogP contribution in [-0.4, -0.2) is 19.4 Å². The average molecular weight is 314 g/mol. The van der Waals surface area contributed by atoms with Gasteiger partial charge in [0.15, 0.2) is 6.73 Å². The van der Waals surface area contributed by atoms with Gasteiger partial charge < -0.3 is 20.1 Å². The van der Waals surface area contributed by atoms with Gasteiger partial charge in [-0.25, -0.2) is 4.79 Å². The third-order valence-electron chi connectivity index (χ3n) is 3.25. The molecule has 2 aromatic carbocycles. The number of ether oxygens (including phenoxy) is 2. The molecule has 0 spiro atoms. The summed E-state index contributed by atoms with van der Waals surface area (Å²) in [4.78, 5) is 11.9. The molecule has 0 fully saturated rings. The molecule has 0 unspecified atom stereocenters. The van der Waals surface area contributed by atoms with Gasteiger partial charge in [-0.2, -0.15) is 0 Å². The fraction of sp³-hybridized carbons (Fsp3) is 0.278. The van der Waals surface area contributed by atoms with E-state index in [0.29, 0.717) is 12.4 Å². The van der Waals surface area contributed by atoms with Crippen molar-refractivity contribution in [3.8, 4) is 11.5 Å². The van der Waals surface area contributed by atoms with Gasteiger partial charge in [0.1, 0.15) is 11.5 Å². The van der Waals surface area contributed by atoms with Crippen molar-refractivity contribution in [2.24, 2.45) is 0 Å². The number of urea groups is 1. The largest absolute Gasteiger partial charge is 0.494 e. The number of anilines is 1. The first-order valence-corrected chi connectivity index (χ1v) is 7.71. The van der Waals surface area contributed by atoms with Crippen molar-refractivity contribution < 1.29 is 14.3 Å². The molecular formula is C18H22N2O3. The van der Waals surface area contributed by atoms with Crippen molar-refractivity contribution in [2.45, 2.75) is 20.3 Å². The number of amides is 2. The zero-order valence-corrected chi connectivity index (χ0v) is 13.5. The number of nitrogens with one attached hydrogen (secondary N) is 2. The van der Waals surface area contributed by atoms with Crippen LogP contribution in [0.25, 0.3) is 0 Å². The first-order chi connectivity index (χ1) is 11.2. The van der Waals surface area contributed by atoms with Crippen LogP contribution in [0.15, 0.2) is 48.5 Å². The molecule has 5 heteroatoms. The van der Waals surface area contributed by atoms with Crippen LogP contribution in [0.3, 0.4) is 0 Å². The summed E-state index contributed by atoms with van der Waals surface area (Å²) >= 11 is 0. The van der Waals surface area contributed by atoms with Gasteiger partial charge in [0.25, 0.3) is 0 Å². The van der Waals surface area contributed by atoms with Crippen LogP contribution < -0.4 is 20.1 Å². The fourth-order valence-electron chi connectivity index (χ4n) is 2.10.